The Morgan fingerprint density at radius 2 is 1.90 bits per heavy atom. The van der Waals surface area contributed by atoms with Gasteiger partial charge in [-0.25, -0.2) is 9.18 Å². The van der Waals surface area contributed by atoms with Crippen LogP contribution in [0.4, 0.5) is 4.39 Å². The normalized spacial score (nSPS) is 16.6. The van der Waals surface area contributed by atoms with Crippen LogP contribution < -0.4 is 0 Å². The molecular formula is C13H12FNO5. The maximum absolute atomic E-state index is 13.2. The minimum absolute atomic E-state index is 0.00739. The van der Waals surface area contributed by atoms with E-state index in [1.165, 1.54) is 6.07 Å². The molecule has 0 saturated carbocycles. The van der Waals surface area contributed by atoms with Crippen LogP contribution >= 0.6 is 0 Å². The molecule has 7 heteroatoms. The number of imide groups is 1. The van der Waals surface area contributed by atoms with Crippen LogP contribution in [0.2, 0.25) is 0 Å². The molecule has 1 aromatic rings. The molecule has 106 valence electrons. The molecule has 0 aliphatic carbocycles. The number of hydrogen-bond acceptors (Lipinski definition) is 4. The summed E-state index contributed by atoms with van der Waals surface area (Å²) in [5.41, 5.74) is 0.278. The first kappa shape index (κ1) is 14.0. The molecule has 0 spiro atoms. The van der Waals surface area contributed by atoms with E-state index in [-0.39, 0.29) is 24.8 Å². The predicted molar refractivity (Wildman–Crippen MR) is 64.3 cm³/mol. The number of aliphatic carboxylic acids is 1. The second kappa shape index (κ2) is 5.28. The van der Waals surface area contributed by atoms with Crippen molar-refractivity contribution in [3.63, 3.8) is 0 Å². The second-order valence-corrected chi connectivity index (χ2v) is 4.50. The summed E-state index contributed by atoms with van der Waals surface area (Å²) in [6.07, 6.45) is -0.219. The molecule has 20 heavy (non-hydrogen) atoms. The van der Waals surface area contributed by atoms with Gasteiger partial charge in [0.05, 0.1) is 0 Å². The minimum atomic E-state index is -1.36. The summed E-state index contributed by atoms with van der Waals surface area (Å²) in [5, 5.41) is 18.2. The molecule has 0 radical (unpaired) electrons. The van der Waals surface area contributed by atoms with E-state index >= 15 is 0 Å². The van der Waals surface area contributed by atoms with Gasteiger partial charge in [-0.3, -0.25) is 14.5 Å². The van der Waals surface area contributed by atoms with Crippen molar-refractivity contribution in [1.29, 1.82) is 0 Å². The monoisotopic (exact) mass is 281 g/mol. The number of likely N-dealkylation sites (tertiary alicyclic amines) is 1. The van der Waals surface area contributed by atoms with E-state index in [1.807, 2.05) is 0 Å². The fourth-order valence-corrected chi connectivity index (χ4v) is 2.13. The number of nitrogens with zero attached hydrogens (tertiary/aromatic N) is 1. The Bertz CT molecular complexity index is 570. The lowest BCUT2D eigenvalue weighted by Gasteiger charge is -2.22. The topological polar surface area (TPSA) is 94.9 Å². The van der Waals surface area contributed by atoms with Crippen LogP contribution in [0, 0.1) is 5.82 Å². The lowest BCUT2D eigenvalue weighted by molar-refractivity contribution is -0.154. The van der Waals surface area contributed by atoms with Crippen LogP contribution in [0.3, 0.4) is 0 Å². The van der Waals surface area contributed by atoms with E-state index in [1.54, 1.807) is 0 Å². The van der Waals surface area contributed by atoms with Gasteiger partial charge in [-0.15, -0.1) is 0 Å². The first-order valence-electron chi connectivity index (χ1n) is 5.95. The predicted octanol–water partition coefficient (Wildman–Crippen LogP) is 0.676. The van der Waals surface area contributed by atoms with Crippen molar-refractivity contribution in [2.75, 3.05) is 0 Å². The highest BCUT2D eigenvalue weighted by Gasteiger charge is 2.38. The van der Waals surface area contributed by atoms with Crippen molar-refractivity contribution in [1.82, 2.24) is 4.90 Å². The van der Waals surface area contributed by atoms with Crippen molar-refractivity contribution in [2.24, 2.45) is 0 Å². The quantitative estimate of drug-likeness (QED) is 0.791. The lowest BCUT2D eigenvalue weighted by atomic mass is 10.0. The third-order valence-electron chi connectivity index (χ3n) is 3.13. The number of rotatable bonds is 4. The SMILES string of the molecule is O=C(O)C(Cc1ccc(O)c(F)c1)N1C(=O)CCC1=O. The van der Waals surface area contributed by atoms with Gasteiger partial charge in [-0.2, -0.15) is 0 Å². The molecule has 1 atom stereocenters. The number of carbonyl (C=O) groups is 3. The summed E-state index contributed by atoms with van der Waals surface area (Å²) < 4.78 is 13.2. The number of hydrogen-bond donors (Lipinski definition) is 2. The Labute approximate surface area is 113 Å². The number of phenolic OH excluding ortho intramolecular Hbond substituents is 1. The highest BCUT2D eigenvalue weighted by molar-refractivity contribution is 6.04. The van der Waals surface area contributed by atoms with E-state index < -0.39 is 35.4 Å². The zero-order valence-electron chi connectivity index (χ0n) is 10.4. The number of carbonyl (C=O) groups excluding carboxylic acids is 2. The highest BCUT2D eigenvalue weighted by Crippen LogP contribution is 2.21. The summed E-state index contributed by atoms with van der Waals surface area (Å²) in [5.74, 6) is -3.84. The van der Waals surface area contributed by atoms with Crippen LogP contribution in [-0.4, -0.2) is 38.9 Å². The van der Waals surface area contributed by atoms with Gasteiger partial charge in [0.1, 0.15) is 6.04 Å². The molecule has 2 rings (SSSR count). The summed E-state index contributed by atoms with van der Waals surface area (Å²) in [7, 11) is 0. The van der Waals surface area contributed by atoms with Gasteiger partial charge in [0, 0.05) is 19.3 Å². The summed E-state index contributed by atoms with van der Waals surface area (Å²) >= 11 is 0. The fraction of sp³-hybridized carbons (Fsp3) is 0.308. The molecule has 1 aliphatic rings. The van der Waals surface area contributed by atoms with E-state index in [0.717, 1.165) is 12.1 Å². The maximum Gasteiger partial charge on any atom is 0.327 e. The number of carboxylic acid groups (broad SMARTS) is 1. The third kappa shape index (κ3) is 2.61. The summed E-state index contributed by atoms with van der Waals surface area (Å²) in [4.78, 5) is 35.1. The molecule has 1 heterocycles. The Kier molecular flexibility index (Phi) is 3.69. The number of benzene rings is 1. The van der Waals surface area contributed by atoms with Crippen LogP contribution in [-0.2, 0) is 20.8 Å². The fourth-order valence-electron chi connectivity index (χ4n) is 2.13. The Morgan fingerprint density at radius 3 is 2.40 bits per heavy atom. The van der Waals surface area contributed by atoms with E-state index in [4.69, 9.17) is 10.2 Å². The van der Waals surface area contributed by atoms with E-state index in [0.29, 0.717) is 4.90 Å². The van der Waals surface area contributed by atoms with Crippen molar-refractivity contribution in [3.8, 4) is 5.75 Å². The van der Waals surface area contributed by atoms with Crippen molar-refractivity contribution in [3.05, 3.63) is 29.6 Å². The highest BCUT2D eigenvalue weighted by atomic mass is 19.1. The number of phenols is 1. The number of halogens is 1. The maximum atomic E-state index is 13.2. The van der Waals surface area contributed by atoms with Crippen molar-refractivity contribution in [2.45, 2.75) is 25.3 Å². The second-order valence-electron chi connectivity index (χ2n) is 4.50. The largest absolute Gasteiger partial charge is 0.505 e. The molecule has 1 unspecified atom stereocenters. The van der Waals surface area contributed by atoms with Gasteiger partial charge in [-0.05, 0) is 17.7 Å². The zero-order valence-corrected chi connectivity index (χ0v) is 10.4. The Morgan fingerprint density at radius 1 is 1.30 bits per heavy atom. The van der Waals surface area contributed by atoms with Gasteiger partial charge in [0.2, 0.25) is 11.8 Å². The molecule has 6 nitrogen and oxygen atoms in total. The van der Waals surface area contributed by atoms with Crippen LogP contribution in [0.1, 0.15) is 18.4 Å². The van der Waals surface area contributed by atoms with Gasteiger partial charge in [-0.1, -0.05) is 6.07 Å². The molecule has 2 N–H and O–H groups in total. The van der Waals surface area contributed by atoms with Crippen molar-refractivity contribution >= 4 is 17.8 Å². The smallest absolute Gasteiger partial charge is 0.327 e. The van der Waals surface area contributed by atoms with Gasteiger partial charge < -0.3 is 10.2 Å². The van der Waals surface area contributed by atoms with Gasteiger partial charge >= 0.3 is 5.97 Å². The molecule has 2 amide bonds. The number of carboxylic acids is 1. The molecule has 1 fully saturated rings. The average molecular weight is 281 g/mol. The van der Waals surface area contributed by atoms with E-state index in [2.05, 4.69) is 0 Å². The Balaban J connectivity index is 2.26. The molecule has 1 aromatic carbocycles. The van der Waals surface area contributed by atoms with Crippen LogP contribution in [0.15, 0.2) is 18.2 Å². The minimum Gasteiger partial charge on any atom is -0.505 e. The first-order chi connectivity index (χ1) is 9.40. The molecular weight excluding hydrogens is 269 g/mol. The summed E-state index contributed by atoms with van der Waals surface area (Å²) in [6.45, 7) is 0. The summed E-state index contributed by atoms with van der Waals surface area (Å²) in [6, 6.07) is 2.06. The van der Waals surface area contributed by atoms with Crippen LogP contribution in [0.5, 0.6) is 5.75 Å². The molecule has 0 aromatic heterocycles. The molecule has 1 saturated heterocycles. The van der Waals surface area contributed by atoms with Crippen molar-refractivity contribution < 1.29 is 29.0 Å². The van der Waals surface area contributed by atoms with Gasteiger partial charge in [0.15, 0.2) is 11.6 Å². The first-order valence-corrected chi connectivity index (χ1v) is 5.95. The number of aromatic hydroxyl groups is 1. The molecule has 1 aliphatic heterocycles. The number of amides is 2. The standard InChI is InChI=1S/C13H12FNO5/c14-8-5-7(1-2-10(8)16)6-9(13(19)20)15-11(17)3-4-12(15)18/h1-2,5,9,16H,3-4,6H2,(H,19,20). The van der Waals surface area contributed by atoms with E-state index in [9.17, 15) is 18.8 Å². The molecule has 0 bridgehead atoms. The third-order valence-corrected chi connectivity index (χ3v) is 3.13. The lowest BCUT2D eigenvalue weighted by Crippen LogP contribution is -2.45. The Hall–Kier alpha value is -2.44. The van der Waals surface area contributed by atoms with Crippen LogP contribution in [0.25, 0.3) is 0 Å². The van der Waals surface area contributed by atoms with Gasteiger partial charge in [0.25, 0.3) is 0 Å². The zero-order chi connectivity index (χ0) is 14.9. The average Bonchev–Trinajstić information content (AvgIpc) is 2.70.